The Balaban J connectivity index is 2.55. The monoisotopic (exact) mass is 247 g/mol. The van der Waals surface area contributed by atoms with E-state index in [0.717, 1.165) is 17.5 Å². The van der Waals surface area contributed by atoms with Gasteiger partial charge in [0.2, 0.25) is 0 Å². The summed E-state index contributed by atoms with van der Waals surface area (Å²) in [5.74, 6) is 0.103. The van der Waals surface area contributed by atoms with Crippen molar-refractivity contribution in [2.75, 3.05) is 20.6 Å². The summed E-state index contributed by atoms with van der Waals surface area (Å²) in [6.07, 6.45) is 0.665. The number of nitrogens with zero attached hydrogens (tertiary/aromatic N) is 1. The minimum absolute atomic E-state index is 0.103. The second-order valence-electron chi connectivity index (χ2n) is 4.73. The maximum absolute atomic E-state index is 11.9. The molecular weight excluding hydrogens is 230 g/mol. The Hall–Kier alpha value is -1.81. The Kier molecular flexibility index (Phi) is 3.39. The number of benzene rings is 1. The quantitative estimate of drug-likeness (QED) is 0.842. The van der Waals surface area contributed by atoms with Crippen molar-refractivity contribution in [2.45, 2.75) is 13.3 Å². The van der Waals surface area contributed by atoms with Crippen LogP contribution in [0.15, 0.2) is 27.4 Å². The van der Waals surface area contributed by atoms with Gasteiger partial charge in [0.15, 0.2) is 0 Å². The van der Waals surface area contributed by atoms with Crippen LogP contribution in [0.25, 0.3) is 11.0 Å². The van der Waals surface area contributed by atoms with Crippen LogP contribution in [-0.4, -0.2) is 30.6 Å². The van der Waals surface area contributed by atoms with Crippen LogP contribution in [0, 0.1) is 6.92 Å². The van der Waals surface area contributed by atoms with Gasteiger partial charge in [-0.05, 0) is 45.1 Å². The topological polar surface area (TPSA) is 53.7 Å². The van der Waals surface area contributed by atoms with Crippen molar-refractivity contribution in [3.05, 3.63) is 39.7 Å². The molecule has 1 N–H and O–H groups in total. The van der Waals surface area contributed by atoms with Crippen molar-refractivity contribution in [3.63, 3.8) is 0 Å². The third kappa shape index (κ3) is 2.38. The van der Waals surface area contributed by atoms with Gasteiger partial charge in [-0.25, -0.2) is 4.79 Å². The number of phenols is 1. The molecule has 1 aromatic heterocycles. The fourth-order valence-corrected chi connectivity index (χ4v) is 2.01. The first-order valence-electron chi connectivity index (χ1n) is 5.89. The first-order chi connectivity index (χ1) is 8.49. The van der Waals surface area contributed by atoms with Gasteiger partial charge in [0, 0.05) is 23.6 Å². The zero-order valence-corrected chi connectivity index (χ0v) is 10.9. The van der Waals surface area contributed by atoms with Gasteiger partial charge in [-0.1, -0.05) is 0 Å². The average molecular weight is 247 g/mol. The fraction of sp³-hybridized carbons (Fsp3) is 0.357. The van der Waals surface area contributed by atoms with E-state index in [2.05, 4.69) is 0 Å². The third-order valence-corrected chi connectivity index (χ3v) is 3.08. The van der Waals surface area contributed by atoms with E-state index in [9.17, 15) is 9.90 Å². The number of phenolic OH excluding ortho intramolecular Hbond substituents is 1. The van der Waals surface area contributed by atoms with Crippen molar-refractivity contribution < 1.29 is 9.52 Å². The van der Waals surface area contributed by atoms with E-state index in [0.29, 0.717) is 17.6 Å². The predicted molar refractivity (Wildman–Crippen MR) is 71.1 cm³/mol. The van der Waals surface area contributed by atoms with Crippen LogP contribution in [0.1, 0.15) is 11.1 Å². The minimum Gasteiger partial charge on any atom is -0.508 e. The smallest absolute Gasteiger partial charge is 0.339 e. The summed E-state index contributed by atoms with van der Waals surface area (Å²) in [5, 5.41) is 10.3. The molecule has 0 fully saturated rings. The largest absolute Gasteiger partial charge is 0.508 e. The zero-order chi connectivity index (χ0) is 13.3. The van der Waals surface area contributed by atoms with Crippen LogP contribution in [0.4, 0.5) is 0 Å². The number of likely N-dealkylation sites (N-methyl/N-ethyl adjacent to an activating group) is 1. The maximum atomic E-state index is 11.9. The molecule has 1 aromatic carbocycles. The fourth-order valence-electron chi connectivity index (χ4n) is 2.01. The Morgan fingerprint density at radius 3 is 2.72 bits per heavy atom. The molecule has 0 aliphatic heterocycles. The lowest BCUT2D eigenvalue weighted by Crippen LogP contribution is -2.20. The van der Waals surface area contributed by atoms with Gasteiger partial charge in [-0.15, -0.1) is 0 Å². The van der Waals surface area contributed by atoms with Gasteiger partial charge in [0.05, 0.1) is 0 Å². The number of rotatable bonds is 3. The van der Waals surface area contributed by atoms with Crippen molar-refractivity contribution in [1.29, 1.82) is 0 Å². The van der Waals surface area contributed by atoms with Gasteiger partial charge in [-0.3, -0.25) is 0 Å². The number of hydrogen-bond acceptors (Lipinski definition) is 4. The van der Waals surface area contributed by atoms with Crippen LogP contribution in [0.3, 0.4) is 0 Å². The van der Waals surface area contributed by atoms with E-state index in [1.54, 1.807) is 12.1 Å². The summed E-state index contributed by atoms with van der Waals surface area (Å²) in [6.45, 7) is 2.72. The third-order valence-electron chi connectivity index (χ3n) is 3.08. The van der Waals surface area contributed by atoms with E-state index in [4.69, 9.17) is 4.42 Å². The van der Waals surface area contributed by atoms with E-state index in [1.807, 2.05) is 25.9 Å². The average Bonchev–Trinajstić information content (AvgIpc) is 2.27. The molecule has 2 rings (SSSR count). The molecule has 18 heavy (non-hydrogen) atoms. The molecular formula is C14H17NO3. The molecule has 0 amide bonds. The van der Waals surface area contributed by atoms with Crippen molar-refractivity contribution >= 4 is 11.0 Å². The molecule has 0 radical (unpaired) electrons. The van der Waals surface area contributed by atoms with E-state index in [-0.39, 0.29) is 11.4 Å². The molecule has 4 heteroatoms. The highest BCUT2D eigenvalue weighted by atomic mass is 16.4. The lowest BCUT2D eigenvalue weighted by molar-refractivity contribution is 0.409. The second kappa shape index (κ2) is 4.82. The van der Waals surface area contributed by atoms with Gasteiger partial charge < -0.3 is 14.4 Å². The van der Waals surface area contributed by atoms with Crippen molar-refractivity contribution in [2.24, 2.45) is 0 Å². The summed E-state index contributed by atoms with van der Waals surface area (Å²) in [4.78, 5) is 13.9. The van der Waals surface area contributed by atoms with Crippen LogP contribution < -0.4 is 5.63 Å². The molecule has 0 bridgehead atoms. The molecule has 0 saturated heterocycles. The zero-order valence-electron chi connectivity index (χ0n) is 10.9. The molecule has 1 heterocycles. The summed E-state index contributed by atoms with van der Waals surface area (Å²) in [7, 11) is 3.94. The highest BCUT2D eigenvalue weighted by Crippen LogP contribution is 2.23. The molecule has 4 nitrogen and oxygen atoms in total. The molecule has 0 spiro atoms. The normalized spacial score (nSPS) is 11.3. The van der Waals surface area contributed by atoms with Gasteiger partial charge in [0.25, 0.3) is 0 Å². The Labute approximate surface area is 105 Å². The van der Waals surface area contributed by atoms with Gasteiger partial charge in [-0.2, -0.15) is 0 Å². The number of aromatic hydroxyl groups is 1. The van der Waals surface area contributed by atoms with Crippen LogP contribution in [0.2, 0.25) is 0 Å². The van der Waals surface area contributed by atoms with E-state index in [1.165, 1.54) is 6.07 Å². The van der Waals surface area contributed by atoms with Crippen LogP contribution >= 0.6 is 0 Å². The molecule has 0 aliphatic rings. The molecule has 0 saturated carbocycles. The van der Waals surface area contributed by atoms with Crippen LogP contribution in [0.5, 0.6) is 5.75 Å². The predicted octanol–water partition coefficient (Wildman–Crippen LogP) is 1.91. The summed E-state index contributed by atoms with van der Waals surface area (Å²) >= 11 is 0. The van der Waals surface area contributed by atoms with Crippen molar-refractivity contribution in [3.8, 4) is 5.75 Å². The molecule has 96 valence electrons. The summed E-state index contributed by atoms with van der Waals surface area (Å²) < 4.78 is 5.25. The molecule has 0 unspecified atom stereocenters. The van der Waals surface area contributed by atoms with E-state index < -0.39 is 0 Å². The van der Waals surface area contributed by atoms with E-state index >= 15 is 0 Å². The summed E-state index contributed by atoms with van der Waals surface area (Å²) in [6, 6.07) is 4.85. The standard InChI is InChI=1S/C14H17NO3/c1-9-11-5-4-10(16)8-13(11)18-14(17)12(9)6-7-15(2)3/h4-5,8,16H,6-7H2,1-3H3. The lowest BCUT2D eigenvalue weighted by Gasteiger charge is -2.11. The summed E-state index contributed by atoms with van der Waals surface area (Å²) in [5.41, 5.74) is 1.77. The maximum Gasteiger partial charge on any atom is 0.339 e. The second-order valence-corrected chi connectivity index (χ2v) is 4.73. The first-order valence-corrected chi connectivity index (χ1v) is 5.89. The molecule has 0 aliphatic carbocycles. The number of aryl methyl sites for hydroxylation is 1. The Bertz CT molecular complexity index is 629. The Morgan fingerprint density at radius 2 is 2.06 bits per heavy atom. The first kappa shape index (κ1) is 12.6. The van der Waals surface area contributed by atoms with Crippen molar-refractivity contribution in [1.82, 2.24) is 4.90 Å². The highest BCUT2D eigenvalue weighted by molar-refractivity contribution is 5.82. The Morgan fingerprint density at radius 1 is 1.33 bits per heavy atom. The van der Waals surface area contributed by atoms with Gasteiger partial charge in [0.1, 0.15) is 11.3 Å². The molecule has 2 aromatic rings. The number of fused-ring (bicyclic) bond motifs is 1. The highest BCUT2D eigenvalue weighted by Gasteiger charge is 2.11. The van der Waals surface area contributed by atoms with Crippen LogP contribution in [-0.2, 0) is 6.42 Å². The van der Waals surface area contributed by atoms with Gasteiger partial charge >= 0.3 is 5.63 Å². The molecule has 0 atom stereocenters. The minimum atomic E-state index is -0.313. The number of hydrogen-bond donors (Lipinski definition) is 1. The lowest BCUT2D eigenvalue weighted by atomic mass is 10.0. The SMILES string of the molecule is Cc1c(CCN(C)C)c(=O)oc2cc(O)ccc12.